The lowest BCUT2D eigenvalue weighted by Gasteiger charge is -2.26. The molecule has 7 nitrogen and oxygen atoms in total. The fraction of sp³-hybridized carbons (Fsp3) is 0.750. The molecule has 0 radical (unpaired) electrons. The molecule has 1 aliphatic rings. The van der Waals surface area contributed by atoms with Crippen LogP contribution in [0.1, 0.15) is 6.92 Å². The average Bonchev–Trinajstić information content (AvgIpc) is 2.47. The topological polar surface area (TPSA) is 87.0 Å². The van der Waals surface area contributed by atoms with Crippen LogP contribution in [0, 0.1) is 0 Å². The predicted octanol–water partition coefficient (Wildman–Crippen LogP) is -0.973. The van der Waals surface area contributed by atoms with Gasteiger partial charge in [0, 0.05) is 46.2 Å². The van der Waals surface area contributed by atoms with E-state index in [1.54, 1.807) is 0 Å². The van der Waals surface area contributed by atoms with Gasteiger partial charge in [0.1, 0.15) is 0 Å². The van der Waals surface area contributed by atoms with Crippen LogP contribution in [0.2, 0.25) is 0 Å². The maximum absolute atomic E-state index is 12.6. The molecule has 0 aliphatic carbocycles. The Bertz CT molecular complexity index is 442. The monoisotopic (exact) mass is 324 g/mol. The Labute approximate surface area is 125 Å². The molecule has 0 atom stereocenters. The van der Waals surface area contributed by atoms with Crippen LogP contribution < -0.4 is 5.73 Å². The van der Waals surface area contributed by atoms with E-state index < -0.39 is 18.0 Å². The van der Waals surface area contributed by atoms with E-state index in [4.69, 9.17) is 5.73 Å². The third-order valence-corrected chi connectivity index (χ3v) is 3.37. The molecule has 0 aromatic rings. The number of hydrogen-bond acceptors (Lipinski definition) is 4. The average molecular weight is 324 g/mol. The smallest absolute Gasteiger partial charge is 0.369 e. The van der Waals surface area contributed by atoms with Crippen LogP contribution in [0.25, 0.3) is 0 Å². The number of carbonyl (C=O) groups excluding carboxylic acids is 3. The second-order valence-electron chi connectivity index (χ2n) is 5.04. The van der Waals surface area contributed by atoms with E-state index in [2.05, 4.69) is 0 Å². The molecule has 0 saturated carbocycles. The van der Waals surface area contributed by atoms with Crippen molar-refractivity contribution in [2.75, 3.05) is 45.8 Å². The second-order valence-corrected chi connectivity index (χ2v) is 5.04. The minimum atomic E-state index is -4.97. The molecule has 126 valence electrons. The SMILES string of the molecule is CC(=O)N1CCN(CC(N)=O)CCN(C(=O)C(F)(F)F)CC1. The summed E-state index contributed by atoms with van der Waals surface area (Å²) in [5.74, 6) is -2.88. The lowest BCUT2D eigenvalue weighted by molar-refractivity contribution is -0.185. The molecular formula is C12H19F3N4O3. The third kappa shape index (κ3) is 5.51. The van der Waals surface area contributed by atoms with Crippen LogP contribution >= 0.6 is 0 Å². The van der Waals surface area contributed by atoms with Crippen LogP contribution in [0.15, 0.2) is 0 Å². The van der Waals surface area contributed by atoms with Crippen LogP contribution in [0.5, 0.6) is 0 Å². The predicted molar refractivity (Wildman–Crippen MR) is 70.5 cm³/mol. The summed E-state index contributed by atoms with van der Waals surface area (Å²) in [6.07, 6.45) is -4.97. The van der Waals surface area contributed by atoms with Crippen molar-refractivity contribution in [3.05, 3.63) is 0 Å². The molecule has 1 aliphatic heterocycles. The van der Waals surface area contributed by atoms with Gasteiger partial charge in [0.25, 0.3) is 0 Å². The summed E-state index contributed by atoms with van der Waals surface area (Å²) >= 11 is 0. The van der Waals surface area contributed by atoms with E-state index in [0.717, 1.165) is 0 Å². The molecule has 2 N–H and O–H groups in total. The number of amides is 3. The zero-order valence-corrected chi connectivity index (χ0v) is 12.2. The number of nitrogens with zero attached hydrogens (tertiary/aromatic N) is 3. The number of alkyl halides is 3. The molecule has 22 heavy (non-hydrogen) atoms. The first kappa shape index (κ1) is 18.2. The van der Waals surface area contributed by atoms with Gasteiger partial charge in [-0.15, -0.1) is 0 Å². The first-order valence-electron chi connectivity index (χ1n) is 6.73. The Balaban J connectivity index is 2.86. The van der Waals surface area contributed by atoms with E-state index in [1.807, 2.05) is 0 Å². The molecule has 0 aromatic carbocycles. The molecule has 10 heteroatoms. The zero-order valence-electron chi connectivity index (χ0n) is 12.2. The van der Waals surface area contributed by atoms with Gasteiger partial charge in [0.2, 0.25) is 11.8 Å². The van der Waals surface area contributed by atoms with Crippen molar-refractivity contribution in [2.24, 2.45) is 5.73 Å². The molecule has 1 rings (SSSR count). The Hall–Kier alpha value is -1.84. The van der Waals surface area contributed by atoms with Crippen molar-refractivity contribution < 1.29 is 27.6 Å². The van der Waals surface area contributed by atoms with Crippen molar-refractivity contribution in [1.82, 2.24) is 14.7 Å². The molecule has 0 aromatic heterocycles. The van der Waals surface area contributed by atoms with E-state index in [-0.39, 0.29) is 45.2 Å². The van der Waals surface area contributed by atoms with Gasteiger partial charge in [-0.3, -0.25) is 19.3 Å². The number of hydrogen-bond donors (Lipinski definition) is 1. The molecule has 1 heterocycles. The van der Waals surface area contributed by atoms with Crippen LogP contribution in [0.3, 0.4) is 0 Å². The Morgan fingerprint density at radius 2 is 1.41 bits per heavy atom. The first-order chi connectivity index (χ1) is 10.1. The summed E-state index contributed by atoms with van der Waals surface area (Å²) in [6, 6.07) is 0. The van der Waals surface area contributed by atoms with E-state index in [9.17, 15) is 27.6 Å². The normalized spacial score (nSPS) is 18.4. The van der Waals surface area contributed by atoms with Crippen molar-refractivity contribution in [2.45, 2.75) is 13.1 Å². The second kappa shape index (κ2) is 7.43. The van der Waals surface area contributed by atoms with E-state index >= 15 is 0 Å². The van der Waals surface area contributed by atoms with Crippen LogP contribution in [0.4, 0.5) is 13.2 Å². The number of carbonyl (C=O) groups is 3. The number of rotatable bonds is 2. The Kier molecular flexibility index (Phi) is 6.15. The van der Waals surface area contributed by atoms with Gasteiger partial charge >= 0.3 is 12.1 Å². The van der Waals surface area contributed by atoms with Crippen LogP contribution in [-0.4, -0.2) is 84.4 Å². The number of primary amides is 1. The highest BCUT2D eigenvalue weighted by Crippen LogP contribution is 2.18. The summed E-state index contributed by atoms with van der Waals surface area (Å²) in [7, 11) is 0. The molecule has 1 saturated heterocycles. The van der Waals surface area contributed by atoms with Crippen molar-refractivity contribution in [3.63, 3.8) is 0 Å². The highest BCUT2D eigenvalue weighted by Gasteiger charge is 2.42. The maximum Gasteiger partial charge on any atom is 0.471 e. The lowest BCUT2D eigenvalue weighted by atomic mass is 10.4. The fourth-order valence-electron chi connectivity index (χ4n) is 2.18. The van der Waals surface area contributed by atoms with Gasteiger partial charge in [-0.25, -0.2) is 0 Å². The molecule has 0 bridgehead atoms. The minimum Gasteiger partial charge on any atom is -0.369 e. The molecule has 0 unspecified atom stereocenters. The quantitative estimate of drug-likeness (QED) is 0.708. The molecule has 3 amide bonds. The van der Waals surface area contributed by atoms with Crippen molar-refractivity contribution in [1.29, 1.82) is 0 Å². The number of halogens is 3. The summed E-state index contributed by atoms with van der Waals surface area (Å²) < 4.78 is 37.7. The summed E-state index contributed by atoms with van der Waals surface area (Å²) in [5.41, 5.74) is 5.09. The summed E-state index contributed by atoms with van der Waals surface area (Å²) in [4.78, 5) is 37.4. The van der Waals surface area contributed by atoms with Gasteiger partial charge in [0.05, 0.1) is 6.54 Å². The molecule has 1 fully saturated rings. The molecule has 0 spiro atoms. The lowest BCUT2D eigenvalue weighted by Crippen LogP contribution is -2.47. The largest absolute Gasteiger partial charge is 0.471 e. The first-order valence-corrected chi connectivity index (χ1v) is 6.73. The van der Waals surface area contributed by atoms with Crippen molar-refractivity contribution in [3.8, 4) is 0 Å². The summed E-state index contributed by atoms with van der Waals surface area (Å²) in [5, 5.41) is 0. The summed E-state index contributed by atoms with van der Waals surface area (Å²) in [6.45, 7) is 1.43. The standard InChI is InChI=1S/C12H19F3N4O3/c1-9(20)18-4-2-17(8-10(16)21)3-5-19(7-6-18)11(22)12(13,14)15/h2-8H2,1H3,(H2,16,21). The van der Waals surface area contributed by atoms with Gasteiger partial charge in [-0.05, 0) is 0 Å². The maximum atomic E-state index is 12.6. The zero-order chi connectivity index (χ0) is 16.9. The van der Waals surface area contributed by atoms with Gasteiger partial charge in [-0.1, -0.05) is 0 Å². The van der Waals surface area contributed by atoms with E-state index in [1.165, 1.54) is 16.7 Å². The van der Waals surface area contributed by atoms with Crippen molar-refractivity contribution >= 4 is 17.7 Å². The Morgan fingerprint density at radius 3 is 1.86 bits per heavy atom. The van der Waals surface area contributed by atoms with Gasteiger partial charge in [0.15, 0.2) is 0 Å². The highest BCUT2D eigenvalue weighted by atomic mass is 19.4. The van der Waals surface area contributed by atoms with Crippen LogP contribution in [-0.2, 0) is 14.4 Å². The minimum absolute atomic E-state index is 0.0154. The molecular weight excluding hydrogens is 305 g/mol. The van der Waals surface area contributed by atoms with Gasteiger partial charge in [-0.2, -0.15) is 13.2 Å². The highest BCUT2D eigenvalue weighted by molar-refractivity contribution is 5.82. The van der Waals surface area contributed by atoms with Gasteiger partial charge < -0.3 is 15.5 Å². The Morgan fingerprint density at radius 1 is 0.955 bits per heavy atom. The fourth-order valence-corrected chi connectivity index (χ4v) is 2.18. The third-order valence-electron chi connectivity index (χ3n) is 3.37. The van der Waals surface area contributed by atoms with E-state index in [0.29, 0.717) is 11.4 Å². The number of nitrogens with two attached hydrogens (primary N) is 1.